The number of amides is 2. The van der Waals surface area contributed by atoms with Gasteiger partial charge in [-0.2, -0.15) is 5.10 Å². The van der Waals surface area contributed by atoms with Crippen LogP contribution in [0, 0.1) is 5.92 Å². The number of morpholine rings is 1. The van der Waals surface area contributed by atoms with Crippen LogP contribution in [0.15, 0.2) is 12.4 Å². The quantitative estimate of drug-likeness (QED) is 0.771. The van der Waals surface area contributed by atoms with Crippen molar-refractivity contribution in [3.63, 3.8) is 0 Å². The highest BCUT2D eigenvalue weighted by Crippen LogP contribution is 2.08. The molecule has 3 N–H and O–H groups in total. The summed E-state index contributed by atoms with van der Waals surface area (Å²) in [5.74, 6) is -0.422. The SMILES string of the molecule is CC(CN)C(=O)Nc1cnn(CC(=O)N2CCOCC2)c1.Cl. The van der Waals surface area contributed by atoms with Gasteiger partial charge in [-0.25, -0.2) is 0 Å². The smallest absolute Gasteiger partial charge is 0.244 e. The van der Waals surface area contributed by atoms with Gasteiger partial charge in [0.25, 0.3) is 0 Å². The van der Waals surface area contributed by atoms with Crippen molar-refractivity contribution >= 4 is 29.9 Å². The fourth-order valence-electron chi connectivity index (χ4n) is 1.94. The second-order valence-electron chi connectivity index (χ2n) is 5.05. The van der Waals surface area contributed by atoms with Crippen LogP contribution in [0.25, 0.3) is 0 Å². The predicted octanol–water partition coefficient (Wildman–Crippen LogP) is -0.303. The van der Waals surface area contributed by atoms with Crippen LogP contribution in [0.3, 0.4) is 0 Å². The number of nitrogens with one attached hydrogen (secondary N) is 1. The van der Waals surface area contributed by atoms with E-state index in [-0.39, 0.29) is 43.2 Å². The van der Waals surface area contributed by atoms with Crippen LogP contribution >= 0.6 is 12.4 Å². The molecular weight excluding hydrogens is 310 g/mol. The van der Waals surface area contributed by atoms with E-state index in [9.17, 15) is 9.59 Å². The number of hydrogen-bond donors (Lipinski definition) is 2. The van der Waals surface area contributed by atoms with E-state index < -0.39 is 0 Å². The lowest BCUT2D eigenvalue weighted by atomic mass is 10.2. The number of carbonyl (C=O) groups excluding carboxylic acids is 2. The molecule has 1 fully saturated rings. The Hall–Kier alpha value is -1.64. The minimum atomic E-state index is -0.261. The second kappa shape index (κ2) is 8.72. The van der Waals surface area contributed by atoms with E-state index in [1.165, 1.54) is 10.9 Å². The van der Waals surface area contributed by atoms with Gasteiger partial charge in [0.1, 0.15) is 6.54 Å². The molecule has 1 unspecified atom stereocenters. The molecule has 1 saturated heterocycles. The molecule has 22 heavy (non-hydrogen) atoms. The molecule has 2 rings (SSSR count). The summed E-state index contributed by atoms with van der Waals surface area (Å²) in [5.41, 5.74) is 6.00. The third-order valence-corrected chi connectivity index (χ3v) is 3.36. The fourth-order valence-corrected chi connectivity index (χ4v) is 1.94. The van der Waals surface area contributed by atoms with Gasteiger partial charge in [0.15, 0.2) is 0 Å². The average molecular weight is 332 g/mol. The van der Waals surface area contributed by atoms with E-state index in [2.05, 4.69) is 10.4 Å². The summed E-state index contributed by atoms with van der Waals surface area (Å²) in [6, 6.07) is 0. The number of halogens is 1. The van der Waals surface area contributed by atoms with Gasteiger partial charge in [0, 0.05) is 31.7 Å². The van der Waals surface area contributed by atoms with E-state index in [1.807, 2.05) is 0 Å². The molecule has 8 nitrogen and oxygen atoms in total. The molecule has 1 atom stereocenters. The molecule has 2 amide bonds. The van der Waals surface area contributed by atoms with Crippen LogP contribution in [0.1, 0.15) is 6.92 Å². The van der Waals surface area contributed by atoms with Gasteiger partial charge in [-0.15, -0.1) is 12.4 Å². The Morgan fingerprint density at radius 3 is 2.77 bits per heavy atom. The maximum absolute atomic E-state index is 12.1. The molecule has 1 aliphatic heterocycles. The van der Waals surface area contributed by atoms with Crippen molar-refractivity contribution in [3.8, 4) is 0 Å². The lowest BCUT2D eigenvalue weighted by Crippen LogP contribution is -2.42. The van der Waals surface area contributed by atoms with E-state index in [0.29, 0.717) is 32.0 Å². The topological polar surface area (TPSA) is 102 Å². The molecule has 0 radical (unpaired) electrons. The van der Waals surface area contributed by atoms with Crippen LogP contribution in [-0.2, 0) is 20.9 Å². The maximum Gasteiger partial charge on any atom is 0.244 e. The number of nitrogens with zero attached hydrogens (tertiary/aromatic N) is 3. The largest absolute Gasteiger partial charge is 0.378 e. The lowest BCUT2D eigenvalue weighted by molar-refractivity contribution is -0.136. The van der Waals surface area contributed by atoms with Crippen molar-refractivity contribution in [2.24, 2.45) is 11.7 Å². The molecule has 2 heterocycles. The first-order valence-corrected chi connectivity index (χ1v) is 6.99. The Balaban J connectivity index is 0.00000242. The van der Waals surface area contributed by atoms with Crippen LogP contribution in [0.5, 0.6) is 0 Å². The van der Waals surface area contributed by atoms with Gasteiger partial charge in [-0.05, 0) is 0 Å². The normalized spacial score (nSPS) is 15.8. The first-order chi connectivity index (χ1) is 10.1. The van der Waals surface area contributed by atoms with Crippen molar-refractivity contribution in [1.29, 1.82) is 0 Å². The standard InChI is InChI=1S/C13H21N5O3.ClH/c1-10(6-14)13(20)16-11-7-15-18(8-11)9-12(19)17-2-4-21-5-3-17;/h7-8,10H,2-6,9,14H2,1H3,(H,16,20);1H. The van der Waals surface area contributed by atoms with Gasteiger partial charge in [-0.1, -0.05) is 6.92 Å². The molecule has 0 aliphatic carbocycles. The molecule has 1 aliphatic rings. The predicted molar refractivity (Wildman–Crippen MR) is 83.7 cm³/mol. The summed E-state index contributed by atoms with van der Waals surface area (Å²) in [5, 5.41) is 6.80. The third kappa shape index (κ3) is 4.97. The Morgan fingerprint density at radius 2 is 2.14 bits per heavy atom. The minimum absolute atomic E-state index is 0. The van der Waals surface area contributed by atoms with Gasteiger partial charge in [-0.3, -0.25) is 14.3 Å². The van der Waals surface area contributed by atoms with E-state index in [0.717, 1.165) is 0 Å². The van der Waals surface area contributed by atoms with Crippen molar-refractivity contribution in [3.05, 3.63) is 12.4 Å². The monoisotopic (exact) mass is 331 g/mol. The van der Waals surface area contributed by atoms with Crippen LogP contribution < -0.4 is 11.1 Å². The summed E-state index contributed by atoms with van der Waals surface area (Å²) in [7, 11) is 0. The molecule has 1 aromatic rings. The average Bonchev–Trinajstić information content (AvgIpc) is 2.94. The molecule has 0 aromatic carbocycles. The van der Waals surface area contributed by atoms with Crippen molar-refractivity contribution < 1.29 is 14.3 Å². The van der Waals surface area contributed by atoms with Gasteiger partial charge in [0.2, 0.25) is 11.8 Å². The fraction of sp³-hybridized carbons (Fsp3) is 0.615. The first kappa shape index (κ1) is 18.4. The summed E-state index contributed by atoms with van der Waals surface area (Å²) in [6.07, 6.45) is 3.16. The first-order valence-electron chi connectivity index (χ1n) is 6.99. The van der Waals surface area contributed by atoms with Gasteiger partial charge < -0.3 is 20.7 Å². The Bertz CT molecular complexity index is 502. The zero-order valence-electron chi connectivity index (χ0n) is 12.5. The molecule has 0 saturated carbocycles. The zero-order chi connectivity index (χ0) is 15.2. The molecular formula is C13H22ClN5O3. The molecule has 9 heteroatoms. The van der Waals surface area contributed by atoms with Crippen LogP contribution in [-0.4, -0.2) is 59.3 Å². The number of anilines is 1. The summed E-state index contributed by atoms with van der Waals surface area (Å²) in [4.78, 5) is 25.5. The summed E-state index contributed by atoms with van der Waals surface area (Å²) in [6.45, 7) is 4.56. The summed E-state index contributed by atoms with van der Waals surface area (Å²) < 4.78 is 6.72. The highest BCUT2D eigenvalue weighted by Gasteiger charge is 2.18. The second-order valence-corrected chi connectivity index (χ2v) is 5.05. The number of rotatable bonds is 5. The molecule has 1 aromatic heterocycles. The van der Waals surface area contributed by atoms with Crippen LogP contribution in [0.4, 0.5) is 5.69 Å². The van der Waals surface area contributed by atoms with E-state index >= 15 is 0 Å². The number of nitrogens with two attached hydrogens (primary N) is 1. The van der Waals surface area contributed by atoms with E-state index in [4.69, 9.17) is 10.5 Å². The number of hydrogen-bond acceptors (Lipinski definition) is 5. The van der Waals surface area contributed by atoms with E-state index in [1.54, 1.807) is 18.0 Å². The van der Waals surface area contributed by atoms with Gasteiger partial charge >= 0.3 is 0 Å². The third-order valence-electron chi connectivity index (χ3n) is 3.36. The minimum Gasteiger partial charge on any atom is -0.378 e. The molecule has 0 bridgehead atoms. The Labute approximate surface area is 135 Å². The lowest BCUT2D eigenvalue weighted by Gasteiger charge is -2.26. The molecule has 0 spiro atoms. The Kier molecular flexibility index (Phi) is 7.30. The van der Waals surface area contributed by atoms with Gasteiger partial charge in [0.05, 0.1) is 25.1 Å². The number of carbonyl (C=O) groups is 2. The summed E-state index contributed by atoms with van der Waals surface area (Å²) >= 11 is 0. The number of ether oxygens (including phenoxy) is 1. The zero-order valence-corrected chi connectivity index (χ0v) is 13.3. The van der Waals surface area contributed by atoms with Crippen molar-refractivity contribution in [2.75, 3.05) is 38.2 Å². The molecule has 124 valence electrons. The maximum atomic E-state index is 12.1. The Morgan fingerprint density at radius 1 is 1.45 bits per heavy atom. The van der Waals surface area contributed by atoms with Crippen molar-refractivity contribution in [1.82, 2.24) is 14.7 Å². The van der Waals surface area contributed by atoms with Crippen LogP contribution in [0.2, 0.25) is 0 Å². The highest BCUT2D eigenvalue weighted by molar-refractivity contribution is 5.92. The highest BCUT2D eigenvalue weighted by atomic mass is 35.5. The van der Waals surface area contributed by atoms with Crippen molar-refractivity contribution in [2.45, 2.75) is 13.5 Å². The number of aromatic nitrogens is 2.